The molecule has 0 spiro atoms. The maximum atomic E-state index is 12.8. The van der Waals surface area contributed by atoms with E-state index in [-0.39, 0.29) is 17.1 Å². The molecule has 0 fully saturated rings. The minimum Gasteiger partial charge on any atom is -0.455 e. The van der Waals surface area contributed by atoms with Crippen LogP contribution < -0.4 is 5.32 Å². The number of furan rings is 1. The number of carbonyl (C=O) groups excluding carboxylic acids is 1. The Morgan fingerprint density at radius 1 is 1.20 bits per heavy atom. The number of fused-ring (bicyclic) bond motifs is 1. The molecule has 0 saturated carbocycles. The lowest BCUT2D eigenvalue weighted by atomic mass is 9.75. The van der Waals surface area contributed by atoms with E-state index in [2.05, 4.69) is 24.3 Å². The summed E-state index contributed by atoms with van der Waals surface area (Å²) in [6.45, 7) is 10.0. The molecule has 0 atom stereocenters. The van der Waals surface area contributed by atoms with Gasteiger partial charge in [0, 0.05) is 23.2 Å². The lowest BCUT2D eigenvalue weighted by Gasteiger charge is -2.28. The van der Waals surface area contributed by atoms with E-state index in [0.29, 0.717) is 24.3 Å². The van der Waals surface area contributed by atoms with Gasteiger partial charge in [-0.3, -0.25) is 4.79 Å². The van der Waals surface area contributed by atoms with Crippen molar-refractivity contribution in [2.45, 2.75) is 47.5 Å². The lowest BCUT2D eigenvalue weighted by Crippen LogP contribution is -2.27. The van der Waals surface area contributed by atoms with E-state index in [4.69, 9.17) is 4.42 Å². The lowest BCUT2D eigenvalue weighted by molar-refractivity contribution is 0.0992. The van der Waals surface area contributed by atoms with E-state index in [1.54, 1.807) is 0 Å². The molecule has 0 bridgehead atoms. The Kier molecular flexibility index (Phi) is 4.19. The van der Waals surface area contributed by atoms with Crippen LogP contribution in [0.15, 0.2) is 27.8 Å². The van der Waals surface area contributed by atoms with Crippen LogP contribution in [0.5, 0.6) is 0 Å². The molecule has 1 amide bonds. The molecule has 1 aromatic carbocycles. The smallest absolute Gasteiger partial charge is 0.291 e. The molecule has 2 aromatic rings. The number of benzene rings is 1. The summed E-state index contributed by atoms with van der Waals surface area (Å²) in [6.07, 6.45) is 1.36. The Morgan fingerprint density at radius 2 is 1.92 bits per heavy atom. The highest BCUT2D eigenvalue weighted by Crippen LogP contribution is 2.39. The maximum Gasteiger partial charge on any atom is 0.291 e. The highest BCUT2D eigenvalue weighted by Gasteiger charge is 2.36. The van der Waals surface area contributed by atoms with E-state index in [0.717, 1.165) is 27.9 Å². The zero-order chi connectivity index (χ0) is 18.4. The molecule has 2 N–H and O–H groups in total. The Hall–Kier alpha value is -2.56. The summed E-state index contributed by atoms with van der Waals surface area (Å²) in [5.74, 6) is 0.716. The Labute approximate surface area is 147 Å². The molecule has 0 aliphatic heterocycles. The SMILES string of the molecule is Cc1cccc(NC(=O)c2oc3c(c2C)/C(=N\O)CC(C)(C)C3)c1C. The molecule has 0 radical (unpaired) electrons. The number of hydrogen-bond donors (Lipinski definition) is 2. The first-order chi connectivity index (χ1) is 11.7. The van der Waals surface area contributed by atoms with Gasteiger partial charge in [0.15, 0.2) is 5.76 Å². The summed E-state index contributed by atoms with van der Waals surface area (Å²) in [5.41, 5.74) is 4.93. The molecule has 25 heavy (non-hydrogen) atoms. The average Bonchev–Trinajstić information content (AvgIpc) is 2.86. The largest absolute Gasteiger partial charge is 0.455 e. The number of oxime groups is 1. The molecule has 5 nitrogen and oxygen atoms in total. The standard InChI is InChI=1S/C20H24N2O3/c1-11-7-6-8-14(12(11)2)21-19(23)18-13(3)17-15(22-24)9-20(4,5)10-16(17)25-18/h6-8,24H,9-10H2,1-5H3,(H,21,23)/b22-15-. The molecule has 1 aliphatic rings. The van der Waals surface area contributed by atoms with Gasteiger partial charge >= 0.3 is 0 Å². The molecule has 1 heterocycles. The van der Waals surface area contributed by atoms with Crippen molar-refractivity contribution in [2.24, 2.45) is 10.6 Å². The van der Waals surface area contributed by atoms with Gasteiger partial charge in [-0.2, -0.15) is 0 Å². The Bertz CT molecular complexity index is 875. The molecular weight excluding hydrogens is 316 g/mol. The summed E-state index contributed by atoms with van der Waals surface area (Å²) in [6, 6.07) is 5.80. The van der Waals surface area contributed by atoms with Gasteiger partial charge in [-0.05, 0) is 49.8 Å². The monoisotopic (exact) mass is 340 g/mol. The molecule has 5 heteroatoms. The van der Waals surface area contributed by atoms with E-state index in [1.807, 2.05) is 39.0 Å². The summed E-state index contributed by atoms with van der Waals surface area (Å²) >= 11 is 0. The predicted molar refractivity (Wildman–Crippen MR) is 97.7 cm³/mol. The van der Waals surface area contributed by atoms with Gasteiger partial charge in [0.2, 0.25) is 0 Å². The fourth-order valence-corrected chi connectivity index (χ4v) is 3.48. The molecule has 132 valence electrons. The zero-order valence-electron chi connectivity index (χ0n) is 15.4. The van der Waals surface area contributed by atoms with Crippen LogP contribution in [0, 0.1) is 26.2 Å². The van der Waals surface area contributed by atoms with Crippen LogP contribution >= 0.6 is 0 Å². The van der Waals surface area contributed by atoms with Crippen molar-refractivity contribution in [1.82, 2.24) is 0 Å². The first-order valence-electron chi connectivity index (χ1n) is 8.44. The Morgan fingerprint density at radius 3 is 2.60 bits per heavy atom. The van der Waals surface area contributed by atoms with E-state index in [1.165, 1.54) is 0 Å². The third-order valence-electron chi connectivity index (χ3n) is 4.97. The highest BCUT2D eigenvalue weighted by atomic mass is 16.4. The van der Waals surface area contributed by atoms with E-state index >= 15 is 0 Å². The second kappa shape index (κ2) is 6.06. The molecule has 1 aliphatic carbocycles. The van der Waals surface area contributed by atoms with Crippen LogP contribution in [0.25, 0.3) is 0 Å². The first kappa shape index (κ1) is 17.3. The summed E-state index contributed by atoms with van der Waals surface area (Å²) in [7, 11) is 0. The van der Waals surface area contributed by atoms with Gasteiger partial charge in [0.05, 0.1) is 5.71 Å². The molecule has 0 unspecified atom stereocenters. The fraction of sp³-hybridized carbons (Fsp3) is 0.400. The first-order valence-corrected chi connectivity index (χ1v) is 8.44. The van der Waals surface area contributed by atoms with Crippen LogP contribution in [0.4, 0.5) is 5.69 Å². The number of carbonyl (C=O) groups is 1. The number of hydrogen-bond acceptors (Lipinski definition) is 4. The summed E-state index contributed by atoms with van der Waals surface area (Å²) < 4.78 is 5.90. The number of aryl methyl sites for hydroxylation is 1. The van der Waals surface area contributed by atoms with Gasteiger partial charge in [0.25, 0.3) is 5.91 Å². The third kappa shape index (κ3) is 3.06. The normalized spacial score (nSPS) is 17.4. The van der Waals surface area contributed by atoms with Gasteiger partial charge < -0.3 is 14.9 Å². The number of nitrogens with zero attached hydrogens (tertiary/aromatic N) is 1. The number of anilines is 1. The van der Waals surface area contributed by atoms with Crippen LogP contribution in [-0.4, -0.2) is 16.8 Å². The van der Waals surface area contributed by atoms with Gasteiger partial charge in [-0.25, -0.2) is 0 Å². The van der Waals surface area contributed by atoms with Crippen molar-refractivity contribution in [3.8, 4) is 0 Å². The summed E-state index contributed by atoms with van der Waals surface area (Å²) in [5, 5.41) is 15.8. The minimum absolute atomic E-state index is 0.0697. The second-order valence-corrected chi connectivity index (χ2v) is 7.62. The van der Waals surface area contributed by atoms with Crippen LogP contribution in [0.3, 0.4) is 0 Å². The van der Waals surface area contributed by atoms with Crippen molar-refractivity contribution in [3.63, 3.8) is 0 Å². The van der Waals surface area contributed by atoms with Crippen LogP contribution in [0.1, 0.15) is 58.8 Å². The number of amides is 1. The van der Waals surface area contributed by atoms with E-state index in [9.17, 15) is 10.0 Å². The average molecular weight is 340 g/mol. The highest BCUT2D eigenvalue weighted by molar-refractivity contribution is 6.09. The van der Waals surface area contributed by atoms with E-state index < -0.39 is 0 Å². The second-order valence-electron chi connectivity index (χ2n) is 7.62. The third-order valence-corrected chi connectivity index (χ3v) is 4.97. The number of nitrogens with one attached hydrogen (secondary N) is 1. The maximum absolute atomic E-state index is 12.8. The topological polar surface area (TPSA) is 74.8 Å². The van der Waals surface area contributed by atoms with Crippen LogP contribution in [0.2, 0.25) is 0 Å². The predicted octanol–water partition coefficient (Wildman–Crippen LogP) is 4.61. The quantitative estimate of drug-likeness (QED) is 0.619. The molecule has 1 aromatic heterocycles. The summed E-state index contributed by atoms with van der Waals surface area (Å²) in [4.78, 5) is 12.8. The van der Waals surface area contributed by atoms with Crippen molar-refractivity contribution < 1.29 is 14.4 Å². The minimum atomic E-state index is -0.282. The van der Waals surface area contributed by atoms with Crippen molar-refractivity contribution >= 4 is 17.3 Å². The number of rotatable bonds is 2. The van der Waals surface area contributed by atoms with Gasteiger partial charge in [-0.15, -0.1) is 0 Å². The molecule has 0 saturated heterocycles. The van der Waals surface area contributed by atoms with Crippen LogP contribution in [-0.2, 0) is 6.42 Å². The Balaban J connectivity index is 1.98. The zero-order valence-corrected chi connectivity index (χ0v) is 15.4. The van der Waals surface area contributed by atoms with Crippen molar-refractivity contribution in [2.75, 3.05) is 5.32 Å². The van der Waals surface area contributed by atoms with Gasteiger partial charge in [0.1, 0.15) is 5.76 Å². The van der Waals surface area contributed by atoms with Crippen molar-refractivity contribution in [1.29, 1.82) is 0 Å². The van der Waals surface area contributed by atoms with Gasteiger partial charge in [-0.1, -0.05) is 31.1 Å². The van der Waals surface area contributed by atoms with Crippen molar-refractivity contribution in [3.05, 3.63) is 52.0 Å². The molecular formula is C20H24N2O3. The fourth-order valence-electron chi connectivity index (χ4n) is 3.48. The molecule has 3 rings (SSSR count).